The molecule has 0 saturated carbocycles. The van der Waals surface area contributed by atoms with Gasteiger partial charge in [0.05, 0.1) is 0 Å². The standard InChI is InChI=1S/C10H20N2S/c1-12-6-8(2-4-11)9-3-5-13-7-10(9)12/h8-10H,2-7,11H2,1H3. The van der Waals surface area contributed by atoms with Crippen molar-refractivity contribution in [2.45, 2.75) is 18.9 Å². The fourth-order valence-corrected chi connectivity index (χ4v) is 4.25. The van der Waals surface area contributed by atoms with Crippen molar-refractivity contribution in [3.8, 4) is 0 Å². The van der Waals surface area contributed by atoms with Crippen molar-refractivity contribution in [3.05, 3.63) is 0 Å². The van der Waals surface area contributed by atoms with Crippen LogP contribution in [0.4, 0.5) is 0 Å². The van der Waals surface area contributed by atoms with E-state index >= 15 is 0 Å². The minimum atomic E-state index is 0.857. The Balaban J connectivity index is 1.99. The maximum absolute atomic E-state index is 5.65. The molecule has 2 rings (SSSR count). The molecule has 0 bridgehead atoms. The zero-order valence-corrected chi connectivity index (χ0v) is 9.22. The Labute approximate surface area is 85.2 Å². The number of fused-ring (bicyclic) bond motifs is 1. The van der Waals surface area contributed by atoms with Crippen LogP contribution in [-0.4, -0.2) is 42.6 Å². The van der Waals surface area contributed by atoms with Crippen LogP contribution in [0.15, 0.2) is 0 Å². The van der Waals surface area contributed by atoms with Gasteiger partial charge < -0.3 is 10.6 Å². The lowest BCUT2D eigenvalue weighted by molar-refractivity contribution is 0.285. The molecule has 0 aromatic heterocycles. The van der Waals surface area contributed by atoms with Gasteiger partial charge in [-0.25, -0.2) is 0 Å². The molecule has 0 aliphatic carbocycles. The second-order valence-electron chi connectivity index (χ2n) is 4.37. The van der Waals surface area contributed by atoms with Gasteiger partial charge in [0.2, 0.25) is 0 Å². The summed E-state index contributed by atoms with van der Waals surface area (Å²) in [6.07, 6.45) is 2.65. The predicted molar refractivity (Wildman–Crippen MR) is 59.0 cm³/mol. The van der Waals surface area contributed by atoms with Crippen LogP contribution in [0.2, 0.25) is 0 Å². The van der Waals surface area contributed by atoms with E-state index < -0.39 is 0 Å². The Morgan fingerprint density at radius 3 is 3.15 bits per heavy atom. The summed E-state index contributed by atoms with van der Waals surface area (Å²) in [6.45, 7) is 2.15. The lowest BCUT2D eigenvalue weighted by Gasteiger charge is -2.30. The first-order valence-corrected chi connectivity index (χ1v) is 6.46. The third-order valence-corrected chi connectivity index (χ3v) is 4.71. The van der Waals surface area contributed by atoms with Crippen LogP contribution < -0.4 is 5.73 Å². The third kappa shape index (κ3) is 1.88. The number of thioether (sulfide) groups is 1. The molecule has 3 unspecified atom stereocenters. The number of nitrogens with two attached hydrogens (primary N) is 1. The molecule has 0 spiro atoms. The highest BCUT2D eigenvalue weighted by molar-refractivity contribution is 7.99. The smallest absolute Gasteiger partial charge is 0.0215 e. The van der Waals surface area contributed by atoms with Crippen LogP contribution in [0.25, 0.3) is 0 Å². The fourth-order valence-electron chi connectivity index (χ4n) is 2.90. The average molecular weight is 200 g/mol. The van der Waals surface area contributed by atoms with Gasteiger partial charge in [0.15, 0.2) is 0 Å². The average Bonchev–Trinajstić information content (AvgIpc) is 2.46. The highest BCUT2D eigenvalue weighted by Gasteiger charge is 2.40. The van der Waals surface area contributed by atoms with Crippen LogP contribution in [-0.2, 0) is 0 Å². The molecule has 2 saturated heterocycles. The molecule has 2 aliphatic heterocycles. The van der Waals surface area contributed by atoms with E-state index in [0.717, 1.165) is 24.4 Å². The quantitative estimate of drug-likeness (QED) is 0.721. The summed E-state index contributed by atoms with van der Waals surface area (Å²) in [5.41, 5.74) is 5.65. The Bertz CT molecular complexity index is 174. The first-order valence-electron chi connectivity index (χ1n) is 5.31. The molecule has 2 heterocycles. The molecule has 2 nitrogen and oxygen atoms in total. The molecule has 3 heteroatoms. The van der Waals surface area contributed by atoms with Crippen molar-refractivity contribution < 1.29 is 0 Å². The number of likely N-dealkylation sites (tertiary alicyclic amines) is 1. The zero-order chi connectivity index (χ0) is 9.26. The highest BCUT2D eigenvalue weighted by Crippen LogP contribution is 2.38. The van der Waals surface area contributed by atoms with Gasteiger partial charge in [0, 0.05) is 18.3 Å². The van der Waals surface area contributed by atoms with E-state index in [1.165, 1.54) is 30.9 Å². The van der Waals surface area contributed by atoms with E-state index in [0.29, 0.717) is 0 Å². The first kappa shape index (κ1) is 9.81. The molecule has 2 N–H and O–H groups in total. The van der Waals surface area contributed by atoms with Gasteiger partial charge in [0.1, 0.15) is 0 Å². The Morgan fingerprint density at radius 1 is 1.54 bits per heavy atom. The van der Waals surface area contributed by atoms with Gasteiger partial charge in [-0.3, -0.25) is 0 Å². The van der Waals surface area contributed by atoms with Gasteiger partial charge in [-0.15, -0.1) is 0 Å². The van der Waals surface area contributed by atoms with E-state index in [9.17, 15) is 0 Å². The number of nitrogens with zero attached hydrogens (tertiary/aromatic N) is 1. The number of hydrogen-bond acceptors (Lipinski definition) is 3. The molecule has 2 aliphatic rings. The monoisotopic (exact) mass is 200 g/mol. The maximum atomic E-state index is 5.65. The molecule has 2 fully saturated rings. The van der Waals surface area contributed by atoms with Crippen LogP contribution >= 0.6 is 11.8 Å². The van der Waals surface area contributed by atoms with Crippen molar-refractivity contribution in [2.24, 2.45) is 17.6 Å². The summed E-state index contributed by atoms with van der Waals surface area (Å²) in [7, 11) is 2.28. The predicted octanol–water partition coefficient (Wildman–Crippen LogP) is 1.02. The molecule has 0 amide bonds. The van der Waals surface area contributed by atoms with Crippen LogP contribution in [0.3, 0.4) is 0 Å². The highest BCUT2D eigenvalue weighted by atomic mass is 32.2. The normalized spacial score (nSPS) is 40.6. The van der Waals surface area contributed by atoms with Crippen molar-refractivity contribution in [1.29, 1.82) is 0 Å². The van der Waals surface area contributed by atoms with Gasteiger partial charge in [-0.1, -0.05) is 0 Å². The van der Waals surface area contributed by atoms with Crippen molar-refractivity contribution in [2.75, 3.05) is 31.6 Å². The van der Waals surface area contributed by atoms with Crippen LogP contribution in [0.5, 0.6) is 0 Å². The molecule has 3 atom stereocenters. The molecule has 76 valence electrons. The minimum absolute atomic E-state index is 0.857. The van der Waals surface area contributed by atoms with E-state index in [1.54, 1.807) is 0 Å². The maximum Gasteiger partial charge on any atom is 0.0215 e. The third-order valence-electron chi connectivity index (χ3n) is 3.61. The van der Waals surface area contributed by atoms with Gasteiger partial charge >= 0.3 is 0 Å². The van der Waals surface area contributed by atoms with Crippen molar-refractivity contribution >= 4 is 11.8 Å². The minimum Gasteiger partial charge on any atom is -0.330 e. The van der Waals surface area contributed by atoms with Crippen molar-refractivity contribution in [1.82, 2.24) is 4.90 Å². The summed E-state index contributed by atoms with van der Waals surface area (Å²) < 4.78 is 0. The van der Waals surface area contributed by atoms with Gasteiger partial charge in [-0.2, -0.15) is 11.8 Å². The van der Waals surface area contributed by atoms with Gasteiger partial charge in [-0.05, 0) is 44.0 Å². The van der Waals surface area contributed by atoms with Crippen LogP contribution in [0.1, 0.15) is 12.8 Å². The Kier molecular flexibility index (Phi) is 3.17. The van der Waals surface area contributed by atoms with E-state index in [1.807, 2.05) is 0 Å². The summed E-state index contributed by atoms with van der Waals surface area (Å²) in [4.78, 5) is 2.55. The molecule has 0 aromatic carbocycles. The summed E-state index contributed by atoms with van der Waals surface area (Å²) in [6, 6.07) is 0.857. The molecular weight excluding hydrogens is 180 g/mol. The fraction of sp³-hybridized carbons (Fsp3) is 1.00. The van der Waals surface area contributed by atoms with E-state index in [4.69, 9.17) is 5.73 Å². The summed E-state index contributed by atoms with van der Waals surface area (Å²) >= 11 is 2.12. The lowest BCUT2D eigenvalue weighted by atomic mass is 9.86. The summed E-state index contributed by atoms with van der Waals surface area (Å²) in [5.74, 6) is 4.56. The summed E-state index contributed by atoms with van der Waals surface area (Å²) in [5, 5.41) is 0. The van der Waals surface area contributed by atoms with Gasteiger partial charge in [0.25, 0.3) is 0 Å². The molecular formula is C10H20N2S. The van der Waals surface area contributed by atoms with Crippen molar-refractivity contribution in [3.63, 3.8) is 0 Å². The lowest BCUT2D eigenvalue weighted by Crippen LogP contribution is -2.35. The SMILES string of the molecule is CN1CC(CCN)C2CCSCC21. The molecule has 0 radical (unpaired) electrons. The van der Waals surface area contributed by atoms with E-state index in [-0.39, 0.29) is 0 Å². The Morgan fingerprint density at radius 2 is 2.38 bits per heavy atom. The largest absolute Gasteiger partial charge is 0.330 e. The number of hydrogen-bond donors (Lipinski definition) is 1. The second kappa shape index (κ2) is 4.20. The number of rotatable bonds is 2. The zero-order valence-electron chi connectivity index (χ0n) is 8.41. The second-order valence-corrected chi connectivity index (χ2v) is 5.52. The molecule has 13 heavy (non-hydrogen) atoms. The van der Waals surface area contributed by atoms with Crippen LogP contribution in [0, 0.1) is 11.8 Å². The Hall–Kier alpha value is 0.270. The molecule has 0 aromatic rings. The first-order chi connectivity index (χ1) is 6.33. The van der Waals surface area contributed by atoms with E-state index in [2.05, 4.69) is 23.7 Å². The topological polar surface area (TPSA) is 29.3 Å².